The van der Waals surface area contributed by atoms with Gasteiger partial charge >= 0.3 is 0 Å². The Bertz CT molecular complexity index is 811. The van der Waals surface area contributed by atoms with E-state index in [1.54, 1.807) is 30.1 Å². The Balaban J connectivity index is 2.11. The van der Waals surface area contributed by atoms with E-state index in [9.17, 15) is 9.90 Å². The van der Waals surface area contributed by atoms with E-state index in [4.69, 9.17) is 4.74 Å². The Labute approximate surface area is 160 Å². The lowest BCUT2D eigenvalue weighted by Crippen LogP contribution is -2.40. The Hall–Kier alpha value is -2.18. The van der Waals surface area contributed by atoms with Gasteiger partial charge < -0.3 is 14.4 Å². The summed E-state index contributed by atoms with van der Waals surface area (Å²) < 4.78 is 6.85. The highest BCUT2D eigenvalue weighted by atomic mass is 16.5. The minimum Gasteiger partial charge on any atom is -0.507 e. The first-order chi connectivity index (χ1) is 13.0. The second-order valence-electron chi connectivity index (χ2n) is 7.44. The molecule has 6 heteroatoms. The molecule has 0 aromatic carbocycles. The van der Waals surface area contributed by atoms with Crippen molar-refractivity contribution in [2.45, 2.75) is 39.3 Å². The van der Waals surface area contributed by atoms with Gasteiger partial charge in [-0.1, -0.05) is 13.0 Å². The molecule has 1 fully saturated rings. The fourth-order valence-corrected chi connectivity index (χ4v) is 3.87. The van der Waals surface area contributed by atoms with Crippen LogP contribution in [-0.2, 0) is 11.3 Å². The zero-order chi connectivity index (χ0) is 19.4. The number of nitrogens with zero attached hydrogens (tertiary/aromatic N) is 3. The van der Waals surface area contributed by atoms with E-state index >= 15 is 0 Å². The van der Waals surface area contributed by atoms with Crippen LogP contribution in [0.3, 0.4) is 0 Å². The van der Waals surface area contributed by atoms with Crippen LogP contribution in [-0.4, -0.2) is 46.4 Å². The van der Waals surface area contributed by atoms with Gasteiger partial charge in [0.15, 0.2) is 0 Å². The van der Waals surface area contributed by atoms with E-state index in [1.165, 1.54) is 0 Å². The van der Waals surface area contributed by atoms with Crippen LogP contribution in [0.1, 0.15) is 42.6 Å². The lowest BCUT2D eigenvalue weighted by atomic mass is 9.92. The average molecular weight is 371 g/mol. The Morgan fingerprint density at radius 1 is 1.37 bits per heavy atom. The predicted molar refractivity (Wildman–Crippen MR) is 105 cm³/mol. The molecule has 0 unspecified atom stereocenters. The Kier molecular flexibility index (Phi) is 6.29. The first-order valence-electron chi connectivity index (χ1n) is 9.59. The molecule has 0 saturated carbocycles. The van der Waals surface area contributed by atoms with Crippen molar-refractivity contribution in [2.75, 3.05) is 26.8 Å². The van der Waals surface area contributed by atoms with E-state index < -0.39 is 0 Å². The van der Waals surface area contributed by atoms with Gasteiger partial charge in [-0.05, 0) is 56.5 Å². The van der Waals surface area contributed by atoms with E-state index in [0.29, 0.717) is 24.6 Å². The van der Waals surface area contributed by atoms with Gasteiger partial charge in [0, 0.05) is 31.7 Å². The molecular formula is C21H29N3O3. The lowest BCUT2D eigenvalue weighted by molar-refractivity contribution is 0.153. The van der Waals surface area contributed by atoms with Crippen molar-refractivity contribution < 1.29 is 9.84 Å². The van der Waals surface area contributed by atoms with Crippen LogP contribution in [0, 0.1) is 12.8 Å². The molecule has 27 heavy (non-hydrogen) atoms. The number of pyridine rings is 2. The number of hydrogen-bond donors (Lipinski definition) is 1. The highest BCUT2D eigenvalue weighted by molar-refractivity contribution is 5.40. The third kappa shape index (κ3) is 4.22. The fraction of sp³-hybridized carbons (Fsp3) is 0.524. The number of rotatable bonds is 6. The molecule has 6 nitrogen and oxygen atoms in total. The minimum atomic E-state index is -0.298. The summed E-state index contributed by atoms with van der Waals surface area (Å²) in [5, 5.41) is 10.7. The van der Waals surface area contributed by atoms with Crippen LogP contribution >= 0.6 is 0 Å². The molecule has 3 heterocycles. The maximum Gasteiger partial charge on any atom is 0.259 e. The van der Waals surface area contributed by atoms with Gasteiger partial charge in [-0.2, -0.15) is 0 Å². The first-order valence-corrected chi connectivity index (χ1v) is 9.59. The van der Waals surface area contributed by atoms with Gasteiger partial charge in [0.05, 0.1) is 18.2 Å². The van der Waals surface area contributed by atoms with Gasteiger partial charge in [-0.25, -0.2) is 0 Å². The number of likely N-dealkylation sites (tertiary alicyclic amines) is 1. The highest BCUT2D eigenvalue weighted by Crippen LogP contribution is 2.34. The summed E-state index contributed by atoms with van der Waals surface area (Å²) in [6.45, 7) is 6.80. The minimum absolute atomic E-state index is 0.0543. The summed E-state index contributed by atoms with van der Waals surface area (Å²) in [5.41, 5.74) is 1.94. The van der Waals surface area contributed by atoms with Crippen LogP contribution in [0.4, 0.5) is 0 Å². The second-order valence-corrected chi connectivity index (χ2v) is 7.44. The summed E-state index contributed by atoms with van der Waals surface area (Å²) in [6.07, 6.45) is 5.69. The standard InChI is InChI=1S/C21H29N3O3/c1-15-6-9-23(10-7-15)20(17-5-4-8-22-14-17)19-18(25)13-16(2)24(21(19)26)11-12-27-3/h4-5,8,13-15,20,25H,6-7,9-12H2,1-3H3/t20-/m0/s1. The van der Waals surface area contributed by atoms with Crippen LogP contribution in [0.25, 0.3) is 0 Å². The maximum absolute atomic E-state index is 13.3. The number of methoxy groups -OCH3 is 1. The molecule has 0 aliphatic carbocycles. The molecule has 1 saturated heterocycles. The third-order valence-corrected chi connectivity index (χ3v) is 5.50. The summed E-state index contributed by atoms with van der Waals surface area (Å²) in [6, 6.07) is 5.24. The number of hydrogen-bond acceptors (Lipinski definition) is 5. The third-order valence-electron chi connectivity index (χ3n) is 5.50. The quantitative estimate of drug-likeness (QED) is 0.846. The van der Waals surface area contributed by atoms with Crippen LogP contribution in [0.5, 0.6) is 5.75 Å². The molecule has 3 rings (SSSR count). The highest BCUT2D eigenvalue weighted by Gasteiger charge is 2.31. The van der Waals surface area contributed by atoms with Crippen molar-refractivity contribution in [3.63, 3.8) is 0 Å². The lowest BCUT2D eigenvalue weighted by Gasteiger charge is -2.37. The smallest absolute Gasteiger partial charge is 0.259 e. The van der Waals surface area contributed by atoms with E-state index in [2.05, 4.69) is 16.8 Å². The van der Waals surface area contributed by atoms with Crippen molar-refractivity contribution in [2.24, 2.45) is 5.92 Å². The van der Waals surface area contributed by atoms with Crippen LogP contribution in [0.2, 0.25) is 0 Å². The number of ether oxygens (including phenoxy) is 1. The topological polar surface area (TPSA) is 67.6 Å². The molecule has 0 radical (unpaired) electrons. The first kappa shape index (κ1) is 19.6. The predicted octanol–water partition coefficient (Wildman–Crippen LogP) is 2.73. The fourth-order valence-electron chi connectivity index (χ4n) is 3.87. The summed E-state index contributed by atoms with van der Waals surface area (Å²) in [5.74, 6) is 0.736. The van der Waals surface area contributed by atoms with Crippen molar-refractivity contribution in [3.05, 3.63) is 57.8 Å². The molecule has 0 bridgehead atoms. The summed E-state index contributed by atoms with van der Waals surface area (Å²) >= 11 is 0. The molecule has 1 aliphatic heterocycles. The largest absolute Gasteiger partial charge is 0.507 e. The van der Waals surface area contributed by atoms with Gasteiger partial charge in [-0.3, -0.25) is 14.7 Å². The van der Waals surface area contributed by atoms with Crippen molar-refractivity contribution in [1.29, 1.82) is 0 Å². The monoisotopic (exact) mass is 371 g/mol. The average Bonchev–Trinajstić information content (AvgIpc) is 2.66. The maximum atomic E-state index is 13.3. The molecule has 0 amide bonds. The van der Waals surface area contributed by atoms with E-state index in [1.807, 2.05) is 19.1 Å². The van der Waals surface area contributed by atoms with E-state index in [-0.39, 0.29) is 17.4 Å². The second kappa shape index (κ2) is 8.67. The number of piperidine rings is 1. The van der Waals surface area contributed by atoms with E-state index in [0.717, 1.165) is 37.2 Å². The van der Waals surface area contributed by atoms with Crippen molar-refractivity contribution in [1.82, 2.24) is 14.5 Å². The summed E-state index contributed by atoms with van der Waals surface area (Å²) in [4.78, 5) is 19.9. The zero-order valence-electron chi connectivity index (χ0n) is 16.4. The van der Waals surface area contributed by atoms with Gasteiger partial charge in [0.2, 0.25) is 0 Å². The van der Waals surface area contributed by atoms with Crippen molar-refractivity contribution >= 4 is 0 Å². The normalized spacial score (nSPS) is 17.1. The van der Waals surface area contributed by atoms with Crippen LogP contribution < -0.4 is 5.56 Å². The number of aromatic hydroxyl groups is 1. The number of aromatic nitrogens is 2. The van der Waals surface area contributed by atoms with Gasteiger partial charge in [-0.15, -0.1) is 0 Å². The van der Waals surface area contributed by atoms with Crippen LogP contribution in [0.15, 0.2) is 35.4 Å². The van der Waals surface area contributed by atoms with Crippen molar-refractivity contribution in [3.8, 4) is 5.75 Å². The molecular weight excluding hydrogens is 342 g/mol. The van der Waals surface area contributed by atoms with Gasteiger partial charge in [0.25, 0.3) is 5.56 Å². The molecule has 2 aromatic rings. The Morgan fingerprint density at radius 3 is 2.74 bits per heavy atom. The molecule has 146 valence electrons. The molecule has 1 atom stereocenters. The molecule has 2 aromatic heterocycles. The number of aryl methyl sites for hydroxylation is 1. The Morgan fingerprint density at radius 2 is 2.11 bits per heavy atom. The summed E-state index contributed by atoms with van der Waals surface area (Å²) in [7, 11) is 1.62. The zero-order valence-corrected chi connectivity index (χ0v) is 16.4. The molecule has 1 N–H and O–H groups in total. The molecule has 0 spiro atoms. The van der Waals surface area contributed by atoms with Gasteiger partial charge in [0.1, 0.15) is 5.75 Å². The SMILES string of the molecule is COCCn1c(C)cc(O)c([C@H](c2cccnc2)N2CCC(C)CC2)c1=O. The molecule has 1 aliphatic rings.